The Morgan fingerprint density at radius 2 is 2.19 bits per heavy atom. The zero-order chi connectivity index (χ0) is 18.5. The zero-order valence-corrected chi connectivity index (χ0v) is 16.1. The number of imidazole rings is 1. The minimum Gasteiger partial charge on any atom is -0.480 e. The monoisotopic (exact) mass is 414 g/mol. The van der Waals surface area contributed by atoms with Gasteiger partial charge in [-0.15, -0.1) is 0 Å². The fourth-order valence-corrected chi connectivity index (χ4v) is 2.93. The second-order valence-electron chi connectivity index (χ2n) is 5.91. The summed E-state index contributed by atoms with van der Waals surface area (Å²) in [5, 5.41) is 2.87. The van der Waals surface area contributed by atoms with Gasteiger partial charge < -0.3 is 10.1 Å². The predicted octanol–water partition coefficient (Wildman–Crippen LogP) is 3.42. The number of hydrogen-bond donors (Lipinski definition) is 1. The second kappa shape index (κ2) is 8.14. The largest absolute Gasteiger partial charge is 0.480 e. The van der Waals surface area contributed by atoms with Crippen molar-refractivity contribution >= 4 is 21.8 Å². The van der Waals surface area contributed by atoms with E-state index in [1.54, 1.807) is 25.6 Å². The fourth-order valence-electron chi connectivity index (χ4n) is 2.35. The van der Waals surface area contributed by atoms with Crippen LogP contribution in [0.15, 0.2) is 59.7 Å². The number of nitrogens with zero attached hydrogens (tertiary/aromatic N) is 3. The topological polar surface area (TPSA) is 69.0 Å². The van der Waals surface area contributed by atoms with E-state index in [2.05, 4.69) is 31.2 Å². The van der Waals surface area contributed by atoms with E-state index in [-0.39, 0.29) is 5.91 Å². The first kappa shape index (κ1) is 18.1. The number of hydrogen-bond acceptors (Lipinski definition) is 4. The van der Waals surface area contributed by atoms with E-state index in [1.807, 2.05) is 48.0 Å². The Hall–Kier alpha value is -2.67. The summed E-state index contributed by atoms with van der Waals surface area (Å²) >= 11 is 3.45. The highest BCUT2D eigenvalue weighted by Gasteiger charge is 2.15. The van der Waals surface area contributed by atoms with E-state index in [1.165, 1.54) is 0 Å². The van der Waals surface area contributed by atoms with Gasteiger partial charge in [0, 0.05) is 25.1 Å². The number of benzene rings is 1. The van der Waals surface area contributed by atoms with Gasteiger partial charge in [0.2, 0.25) is 0 Å². The molecule has 3 rings (SSSR count). The zero-order valence-electron chi connectivity index (χ0n) is 14.5. The van der Waals surface area contributed by atoms with Crippen LogP contribution in [0.2, 0.25) is 0 Å². The SMILES string of the molecule is Cc1ccc(OC(C)C(=O)NCc2ccc(-n3ccnc3)nc2)c(Br)c1. The van der Waals surface area contributed by atoms with E-state index >= 15 is 0 Å². The first-order chi connectivity index (χ1) is 12.5. The Bertz CT molecular complexity index is 879. The van der Waals surface area contributed by atoms with E-state index in [9.17, 15) is 4.79 Å². The summed E-state index contributed by atoms with van der Waals surface area (Å²) in [4.78, 5) is 20.6. The van der Waals surface area contributed by atoms with E-state index in [0.717, 1.165) is 21.4 Å². The number of carbonyl (C=O) groups excluding carboxylic acids is 1. The van der Waals surface area contributed by atoms with Gasteiger partial charge in [0.25, 0.3) is 5.91 Å². The molecule has 1 unspecified atom stereocenters. The molecule has 6 nitrogen and oxygen atoms in total. The molecule has 0 radical (unpaired) electrons. The Morgan fingerprint density at radius 3 is 2.85 bits per heavy atom. The van der Waals surface area contributed by atoms with Crippen LogP contribution in [0.4, 0.5) is 0 Å². The van der Waals surface area contributed by atoms with Crippen molar-refractivity contribution in [3.8, 4) is 11.6 Å². The lowest BCUT2D eigenvalue weighted by Gasteiger charge is -2.16. The molecule has 0 aliphatic carbocycles. The smallest absolute Gasteiger partial charge is 0.261 e. The first-order valence-corrected chi connectivity index (χ1v) is 8.96. The molecule has 134 valence electrons. The van der Waals surface area contributed by atoms with E-state index < -0.39 is 6.10 Å². The number of ether oxygens (including phenoxy) is 1. The molecule has 7 heteroatoms. The van der Waals surface area contributed by atoms with Gasteiger partial charge in [-0.1, -0.05) is 12.1 Å². The molecule has 1 amide bonds. The number of aromatic nitrogens is 3. The number of amides is 1. The third-order valence-corrected chi connectivity index (χ3v) is 4.42. The molecule has 2 aromatic heterocycles. The van der Waals surface area contributed by atoms with E-state index in [4.69, 9.17) is 4.74 Å². The summed E-state index contributed by atoms with van der Waals surface area (Å²) in [6.45, 7) is 4.11. The first-order valence-electron chi connectivity index (χ1n) is 8.16. The van der Waals surface area contributed by atoms with Crippen molar-refractivity contribution in [2.24, 2.45) is 0 Å². The number of nitrogens with one attached hydrogen (secondary N) is 1. The van der Waals surface area contributed by atoms with Crippen molar-refractivity contribution in [3.63, 3.8) is 0 Å². The minimum atomic E-state index is -0.604. The molecule has 0 bridgehead atoms. The molecule has 1 aromatic carbocycles. The van der Waals surface area contributed by atoms with Crippen LogP contribution in [0.25, 0.3) is 5.82 Å². The highest BCUT2D eigenvalue weighted by molar-refractivity contribution is 9.10. The normalized spacial score (nSPS) is 11.8. The van der Waals surface area contributed by atoms with Crippen molar-refractivity contribution in [2.75, 3.05) is 0 Å². The molecule has 0 spiro atoms. The number of aryl methyl sites for hydroxylation is 1. The maximum Gasteiger partial charge on any atom is 0.261 e. The minimum absolute atomic E-state index is 0.184. The van der Waals surface area contributed by atoms with Gasteiger partial charge >= 0.3 is 0 Å². The van der Waals surface area contributed by atoms with Crippen molar-refractivity contribution in [1.29, 1.82) is 0 Å². The van der Waals surface area contributed by atoms with Crippen LogP contribution in [0.5, 0.6) is 5.75 Å². The van der Waals surface area contributed by atoms with Gasteiger partial charge in [0.15, 0.2) is 6.10 Å². The summed E-state index contributed by atoms with van der Waals surface area (Å²) in [5.74, 6) is 1.24. The van der Waals surface area contributed by atoms with Gasteiger partial charge in [0.1, 0.15) is 17.9 Å². The maximum atomic E-state index is 12.3. The Balaban J connectivity index is 1.54. The summed E-state index contributed by atoms with van der Waals surface area (Å²) in [6, 6.07) is 9.55. The highest BCUT2D eigenvalue weighted by Crippen LogP contribution is 2.26. The highest BCUT2D eigenvalue weighted by atomic mass is 79.9. The number of rotatable bonds is 6. The molecule has 26 heavy (non-hydrogen) atoms. The van der Waals surface area contributed by atoms with Gasteiger partial charge in [-0.2, -0.15) is 0 Å². The molecule has 0 saturated heterocycles. The summed E-state index contributed by atoms with van der Waals surface area (Å²) < 4.78 is 8.38. The van der Waals surface area contributed by atoms with Gasteiger partial charge in [0.05, 0.1) is 4.47 Å². The molecule has 0 saturated carbocycles. The van der Waals surface area contributed by atoms with Gasteiger partial charge in [-0.25, -0.2) is 9.97 Å². The number of carbonyl (C=O) groups is 1. The molecule has 3 aromatic rings. The maximum absolute atomic E-state index is 12.3. The van der Waals surface area contributed by atoms with E-state index in [0.29, 0.717) is 12.3 Å². The Morgan fingerprint density at radius 1 is 1.35 bits per heavy atom. The average molecular weight is 415 g/mol. The van der Waals surface area contributed by atoms with Crippen LogP contribution < -0.4 is 10.1 Å². The third kappa shape index (κ3) is 4.49. The summed E-state index contributed by atoms with van der Waals surface area (Å²) in [5.41, 5.74) is 2.03. The van der Waals surface area contributed by atoms with Crippen LogP contribution in [-0.4, -0.2) is 26.5 Å². The van der Waals surface area contributed by atoms with Crippen molar-refractivity contribution < 1.29 is 9.53 Å². The molecule has 1 N–H and O–H groups in total. The second-order valence-corrected chi connectivity index (χ2v) is 6.76. The van der Waals surface area contributed by atoms with Gasteiger partial charge in [-0.3, -0.25) is 9.36 Å². The summed E-state index contributed by atoms with van der Waals surface area (Å²) in [7, 11) is 0. The summed E-state index contributed by atoms with van der Waals surface area (Å²) in [6.07, 6.45) is 6.34. The van der Waals surface area contributed by atoms with Crippen LogP contribution in [0.1, 0.15) is 18.1 Å². The molecular formula is C19H19BrN4O2. The van der Waals surface area contributed by atoms with Crippen molar-refractivity contribution in [3.05, 3.63) is 70.8 Å². The van der Waals surface area contributed by atoms with Crippen molar-refractivity contribution in [2.45, 2.75) is 26.5 Å². The Labute approximate surface area is 160 Å². The third-order valence-electron chi connectivity index (χ3n) is 3.81. The molecule has 2 heterocycles. The quantitative estimate of drug-likeness (QED) is 0.670. The Kier molecular flexibility index (Phi) is 5.68. The lowest BCUT2D eigenvalue weighted by Crippen LogP contribution is -2.36. The molecular weight excluding hydrogens is 396 g/mol. The lowest BCUT2D eigenvalue weighted by atomic mass is 10.2. The molecule has 0 aliphatic rings. The van der Waals surface area contributed by atoms with Crippen LogP contribution in [-0.2, 0) is 11.3 Å². The fraction of sp³-hybridized carbons (Fsp3) is 0.211. The van der Waals surface area contributed by atoms with Crippen LogP contribution in [0, 0.1) is 6.92 Å². The number of halogens is 1. The lowest BCUT2D eigenvalue weighted by molar-refractivity contribution is -0.127. The predicted molar refractivity (Wildman–Crippen MR) is 102 cm³/mol. The van der Waals surface area contributed by atoms with Crippen molar-refractivity contribution in [1.82, 2.24) is 19.9 Å². The van der Waals surface area contributed by atoms with Gasteiger partial charge in [-0.05, 0) is 59.1 Å². The molecule has 1 atom stereocenters. The van der Waals surface area contributed by atoms with Crippen LogP contribution in [0.3, 0.4) is 0 Å². The number of pyridine rings is 1. The van der Waals surface area contributed by atoms with Crippen LogP contribution >= 0.6 is 15.9 Å². The molecule has 0 aliphatic heterocycles. The molecule has 0 fully saturated rings. The standard InChI is InChI=1S/C19H19BrN4O2/c1-13-3-5-17(16(20)9-13)26-14(2)19(25)23-11-15-4-6-18(22-10-15)24-8-7-21-12-24/h3-10,12,14H,11H2,1-2H3,(H,23,25). The average Bonchev–Trinajstić information content (AvgIpc) is 3.17.